The highest BCUT2D eigenvalue weighted by molar-refractivity contribution is 6.04. The average molecular weight is 425 g/mol. The molecule has 0 spiro atoms. The van der Waals surface area contributed by atoms with Crippen LogP contribution in [0.5, 0.6) is 0 Å². The summed E-state index contributed by atoms with van der Waals surface area (Å²) in [6.07, 6.45) is 7.57. The third-order valence-electron chi connectivity index (χ3n) is 6.72. The number of aromatic nitrogens is 2. The van der Waals surface area contributed by atoms with Gasteiger partial charge in [0, 0.05) is 35.3 Å². The molecule has 1 aliphatic carbocycles. The quantitative estimate of drug-likeness (QED) is 0.289. The number of rotatable bonds is 2. The number of hydrogen-bond donors (Lipinski definition) is 0. The molecule has 156 valence electrons. The van der Waals surface area contributed by atoms with Crippen LogP contribution in [0, 0.1) is 0 Å². The van der Waals surface area contributed by atoms with Crippen LogP contribution >= 0.6 is 0 Å². The molecule has 3 heteroatoms. The van der Waals surface area contributed by atoms with E-state index in [4.69, 9.17) is 9.40 Å². The van der Waals surface area contributed by atoms with Gasteiger partial charge >= 0.3 is 0 Å². The molecule has 3 heterocycles. The Bertz CT molecular complexity index is 1660. The molecule has 1 aliphatic rings. The first-order chi connectivity index (χ1) is 16.4. The normalized spacial score (nSPS) is 12.6. The second kappa shape index (κ2) is 7.14. The Labute approximate surface area is 191 Å². The third kappa shape index (κ3) is 2.82. The van der Waals surface area contributed by atoms with Gasteiger partial charge in [-0.15, -0.1) is 0 Å². The van der Waals surface area contributed by atoms with E-state index in [1.54, 1.807) is 0 Å². The van der Waals surface area contributed by atoms with Crippen molar-refractivity contribution in [1.82, 2.24) is 9.97 Å². The molecule has 0 saturated carbocycles. The number of aryl methyl sites for hydroxylation is 2. The molecule has 0 N–H and O–H groups in total. The fraction of sp³-hybridized carbons (Fsp3) is 0.0667. The molecule has 33 heavy (non-hydrogen) atoms. The summed E-state index contributed by atoms with van der Waals surface area (Å²) in [4.78, 5) is 9.23. The van der Waals surface area contributed by atoms with Crippen molar-refractivity contribution in [1.29, 1.82) is 0 Å². The molecule has 3 aromatic heterocycles. The van der Waals surface area contributed by atoms with Gasteiger partial charge in [-0.2, -0.15) is 0 Å². The van der Waals surface area contributed by atoms with Crippen molar-refractivity contribution >= 4 is 21.7 Å². The number of furan rings is 1. The van der Waals surface area contributed by atoms with Gasteiger partial charge in [0.15, 0.2) is 0 Å². The van der Waals surface area contributed by atoms with Crippen LogP contribution in [0.15, 0.2) is 102 Å². The zero-order valence-corrected chi connectivity index (χ0v) is 18.0. The first-order valence-corrected chi connectivity index (χ1v) is 11.3. The standard InChI is InChI=1S/C30H20N2O/c1-2-6-19(7-3-1)25-17-22(16-21-8-4-5-9-23(21)25)29-28-24-11-10-20-12-14-31-18-26(20)30(24)33-27(28)13-15-32-29/h1-9,12-18H,10-11H2. The smallest absolute Gasteiger partial charge is 0.140 e. The molecular formula is C30H20N2O. The van der Waals surface area contributed by atoms with E-state index in [0.29, 0.717) is 0 Å². The summed E-state index contributed by atoms with van der Waals surface area (Å²) in [5, 5.41) is 3.57. The number of benzene rings is 3. The lowest BCUT2D eigenvalue weighted by atomic mass is 9.89. The molecule has 0 saturated heterocycles. The van der Waals surface area contributed by atoms with E-state index in [9.17, 15) is 0 Å². The lowest BCUT2D eigenvalue weighted by Crippen LogP contribution is -2.02. The van der Waals surface area contributed by atoms with Crippen molar-refractivity contribution in [2.75, 3.05) is 0 Å². The van der Waals surface area contributed by atoms with Gasteiger partial charge in [-0.3, -0.25) is 9.97 Å². The molecule has 0 radical (unpaired) electrons. The molecular weight excluding hydrogens is 404 g/mol. The molecule has 3 nitrogen and oxygen atoms in total. The summed E-state index contributed by atoms with van der Waals surface area (Å²) in [5.41, 5.74) is 9.03. The summed E-state index contributed by atoms with van der Waals surface area (Å²) in [6, 6.07) is 27.8. The van der Waals surface area contributed by atoms with E-state index < -0.39 is 0 Å². The highest BCUT2D eigenvalue weighted by Crippen LogP contribution is 2.43. The highest BCUT2D eigenvalue weighted by Gasteiger charge is 2.25. The third-order valence-corrected chi connectivity index (χ3v) is 6.72. The average Bonchev–Trinajstić information content (AvgIpc) is 3.28. The first-order valence-electron chi connectivity index (χ1n) is 11.3. The van der Waals surface area contributed by atoms with Gasteiger partial charge in [0.2, 0.25) is 0 Å². The largest absolute Gasteiger partial charge is 0.456 e. The molecule has 0 fully saturated rings. The zero-order chi connectivity index (χ0) is 21.8. The second-order valence-electron chi connectivity index (χ2n) is 8.59. The van der Waals surface area contributed by atoms with Crippen molar-refractivity contribution in [3.63, 3.8) is 0 Å². The highest BCUT2D eigenvalue weighted by atomic mass is 16.3. The van der Waals surface area contributed by atoms with Crippen LogP contribution in [-0.4, -0.2) is 9.97 Å². The summed E-state index contributed by atoms with van der Waals surface area (Å²) in [7, 11) is 0. The predicted octanol–water partition coefficient (Wildman–Crippen LogP) is 7.48. The van der Waals surface area contributed by atoms with Crippen LogP contribution in [0.3, 0.4) is 0 Å². The molecule has 0 bridgehead atoms. The Morgan fingerprint density at radius 1 is 0.727 bits per heavy atom. The Morgan fingerprint density at radius 3 is 2.55 bits per heavy atom. The molecule has 3 aromatic carbocycles. The Balaban J connectivity index is 1.52. The van der Waals surface area contributed by atoms with E-state index in [2.05, 4.69) is 77.8 Å². The molecule has 0 aliphatic heterocycles. The monoisotopic (exact) mass is 424 g/mol. The van der Waals surface area contributed by atoms with E-state index in [-0.39, 0.29) is 0 Å². The van der Waals surface area contributed by atoms with E-state index in [1.165, 1.54) is 33.0 Å². The number of nitrogens with zero attached hydrogens (tertiary/aromatic N) is 2. The van der Waals surface area contributed by atoms with E-state index in [1.807, 2.05) is 24.7 Å². The van der Waals surface area contributed by atoms with Crippen molar-refractivity contribution < 1.29 is 4.42 Å². The van der Waals surface area contributed by atoms with Crippen LogP contribution in [0.4, 0.5) is 0 Å². The SMILES string of the molecule is c1ccc(-c2cc(-c3nccc4oc5c(c34)CCc3ccncc3-5)cc3ccccc23)cc1. The Hall–Kier alpha value is -4.24. The summed E-state index contributed by atoms with van der Waals surface area (Å²) in [6.45, 7) is 0. The van der Waals surface area contributed by atoms with Gasteiger partial charge in [0.05, 0.1) is 11.1 Å². The molecule has 7 rings (SSSR count). The maximum Gasteiger partial charge on any atom is 0.140 e. The second-order valence-corrected chi connectivity index (χ2v) is 8.59. The zero-order valence-electron chi connectivity index (χ0n) is 18.0. The van der Waals surface area contributed by atoms with Gasteiger partial charge < -0.3 is 4.42 Å². The fourth-order valence-electron chi connectivity index (χ4n) is 5.19. The van der Waals surface area contributed by atoms with Crippen LogP contribution < -0.4 is 0 Å². The summed E-state index contributed by atoms with van der Waals surface area (Å²) < 4.78 is 6.40. The van der Waals surface area contributed by atoms with Crippen LogP contribution in [0.1, 0.15) is 11.1 Å². The van der Waals surface area contributed by atoms with Gasteiger partial charge in [0.25, 0.3) is 0 Å². The first kappa shape index (κ1) is 18.3. The number of fused-ring (bicyclic) bond motifs is 6. The van der Waals surface area contributed by atoms with Crippen molar-refractivity contribution in [2.45, 2.75) is 12.8 Å². The minimum Gasteiger partial charge on any atom is -0.456 e. The lowest BCUT2D eigenvalue weighted by molar-refractivity contribution is 0.620. The van der Waals surface area contributed by atoms with E-state index >= 15 is 0 Å². The van der Waals surface area contributed by atoms with Crippen LogP contribution in [0.25, 0.3) is 55.4 Å². The number of pyridine rings is 2. The predicted molar refractivity (Wildman–Crippen MR) is 133 cm³/mol. The Kier molecular flexibility index (Phi) is 3.97. The summed E-state index contributed by atoms with van der Waals surface area (Å²) >= 11 is 0. The maximum absolute atomic E-state index is 6.40. The molecule has 0 unspecified atom stereocenters. The minimum atomic E-state index is 0.885. The van der Waals surface area contributed by atoms with Crippen molar-refractivity contribution in [3.8, 4) is 33.7 Å². The van der Waals surface area contributed by atoms with Crippen molar-refractivity contribution in [3.05, 3.63) is 109 Å². The topological polar surface area (TPSA) is 38.9 Å². The fourth-order valence-corrected chi connectivity index (χ4v) is 5.19. The van der Waals surface area contributed by atoms with Crippen LogP contribution in [-0.2, 0) is 12.8 Å². The Morgan fingerprint density at radius 2 is 1.61 bits per heavy atom. The van der Waals surface area contributed by atoms with Gasteiger partial charge in [-0.25, -0.2) is 0 Å². The van der Waals surface area contributed by atoms with Crippen LogP contribution in [0.2, 0.25) is 0 Å². The van der Waals surface area contributed by atoms with Gasteiger partial charge in [0.1, 0.15) is 11.3 Å². The molecule has 0 atom stereocenters. The van der Waals surface area contributed by atoms with Gasteiger partial charge in [-0.05, 0) is 64.6 Å². The van der Waals surface area contributed by atoms with E-state index in [0.717, 1.165) is 46.4 Å². The van der Waals surface area contributed by atoms with Gasteiger partial charge in [-0.1, -0.05) is 54.6 Å². The molecule has 6 aromatic rings. The minimum absolute atomic E-state index is 0.885. The van der Waals surface area contributed by atoms with Crippen molar-refractivity contribution in [2.24, 2.45) is 0 Å². The molecule has 0 amide bonds. The summed E-state index contributed by atoms with van der Waals surface area (Å²) in [5.74, 6) is 0.942. The lowest BCUT2D eigenvalue weighted by Gasteiger charge is -2.15. The number of hydrogen-bond acceptors (Lipinski definition) is 3. The maximum atomic E-state index is 6.40.